The molecule has 31 heavy (non-hydrogen) atoms. The van der Waals surface area contributed by atoms with E-state index in [0.29, 0.717) is 35.9 Å². The standard InChI is InChI=1S/C23H33N5O3/c29-21(26-19-15-7-14-8-16(19)11-23(30,9-14)10-15)18-12-24-22(25-17-3-6-31-13-17)27-20(18)28-4-1-2-5-28/h12,14-17,19,30H,1-11,13H2,(H,26,29)(H,24,25,27). The second kappa shape index (κ2) is 7.59. The first kappa shape index (κ1) is 19.7. The lowest BCUT2D eigenvalue weighted by Gasteiger charge is -2.58. The van der Waals surface area contributed by atoms with Gasteiger partial charge in [-0.25, -0.2) is 4.98 Å². The number of carbonyl (C=O) groups excluding carboxylic acids is 1. The zero-order chi connectivity index (χ0) is 21.0. The van der Waals surface area contributed by atoms with Gasteiger partial charge in [0.2, 0.25) is 5.95 Å². The minimum Gasteiger partial charge on any atom is -0.390 e. The Bertz CT molecular complexity index is 836. The molecule has 6 aliphatic rings. The number of aliphatic hydroxyl groups is 1. The fourth-order valence-electron chi connectivity index (χ4n) is 7.05. The first-order chi connectivity index (χ1) is 15.1. The largest absolute Gasteiger partial charge is 0.390 e. The predicted molar refractivity (Wildman–Crippen MR) is 116 cm³/mol. The van der Waals surface area contributed by atoms with E-state index < -0.39 is 5.60 Å². The van der Waals surface area contributed by atoms with E-state index in [4.69, 9.17) is 9.72 Å². The average Bonchev–Trinajstić information content (AvgIpc) is 3.43. The summed E-state index contributed by atoms with van der Waals surface area (Å²) in [5, 5.41) is 17.6. The summed E-state index contributed by atoms with van der Waals surface area (Å²) in [5.41, 5.74) is 0.0846. The SMILES string of the molecule is O=C(NC1C2CC3CC1CC(O)(C3)C2)c1cnc(NC2CCOC2)nc1N1CCCC1. The maximum atomic E-state index is 13.4. The Morgan fingerprint density at radius 3 is 2.65 bits per heavy atom. The number of anilines is 2. The maximum Gasteiger partial charge on any atom is 0.256 e. The molecule has 4 bridgehead atoms. The molecule has 0 radical (unpaired) electrons. The summed E-state index contributed by atoms with van der Waals surface area (Å²) in [6, 6.07) is 0.383. The summed E-state index contributed by atoms with van der Waals surface area (Å²) in [4.78, 5) is 24.9. The van der Waals surface area contributed by atoms with Gasteiger partial charge in [-0.15, -0.1) is 0 Å². The van der Waals surface area contributed by atoms with Crippen LogP contribution in [-0.4, -0.2) is 65.0 Å². The van der Waals surface area contributed by atoms with Crippen molar-refractivity contribution in [2.75, 3.05) is 36.5 Å². The van der Waals surface area contributed by atoms with Crippen LogP contribution in [0.3, 0.4) is 0 Å². The summed E-state index contributed by atoms with van der Waals surface area (Å²) >= 11 is 0. The van der Waals surface area contributed by atoms with Crippen LogP contribution in [0.2, 0.25) is 0 Å². The topological polar surface area (TPSA) is 99.6 Å². The first-order valence-corrected chi connectivity index (χ1v) is 12.1. The van der Waals surface area contributed by atoms with Crippen molar-refractivity contribution >= 4 is 17.7 Å². The molecule has 3 unspecified atom stereocenters. The van der Waals surface area contributed by atoms with Crippen molar-refractivity contribution in [1.29, 1.82) is 0 Å². The molecule has 168 valence electrons. The Kier molecular flexibility index (Phi) is 4.83. The van der Waals surface area contributed by atoms with Gasteiger partial charge in [0.05, 0.1) is 18.2 Å². The smallest absolute Gasteiger partial charge is 0.256 e. The summed E-state index contributed by atoms with van der Waals surface area (Å²) < 4.78 is 5.45. The Hall–Kier alpha value is -1.93. The number of aromatic nitrogens is 2. The van der Waals surface area contributed by atoms with Crippen LogP contribution in [0.25, 0.3) is 0 Å². The molecule has 3 N–H and O–H groups in total. The molecule has 3 heterocycles. The van der Waals surface area contributed by atoms with Gasteiger partial charge in [0.1, 0.15) is 11.4 Å². The molecular formula is C23H33N5O3. The van der Waals surface area contributed by atoms with E-state index >= 15 is 0 Å². The van der Waals surface area contributed by atoms with E-state index in [9.17, 15) is 9.90 Å². The molecule has 1 amide bonds. The van der Waals surface area contributed by atoms with Crippen molar-refractivity contribution in [3.05, 3.63) is 11.8 Å². The van der Waals surface area contributed by atoms with Crippen molar-refractivity contribution in [3.8, 4) is 0 Å². The number of amides is 1. The van der Waals surface area contributed by atoms with Crippen molar-refractivity contribution < 1.29 is 14.6 Å². The van der Waals surface area contributed by atoms with E-state index in [0.717, 1.165) is 76.9 Å². The van der Waals surface area contributed by atoms with Crippen molar-refractivity contribution in [1.82, 2.24) is 15.3 Å². The Labute approximate surface area is 183 Å². The molecule has 0 spiro atoms. The zero-order valence-electron chi connectivity index (χ0n) is 18.1. The second-order valence-corrected chi connectivity index (χ2v) is 10.5. The molecule has 6 fully saturated rings. The third-order valence-corrected chi connectivity index (χ3v) is 8.22. The number of rotatable bonds is 5. The van der Waals surface area contributed by atoms with Crippen molar-refractivity contribution in [2.24, 2.45) is 17.8 Å². The average molecular weight is 428 g/mol. The molecule has 4 aliphatic carbocycles. The van der Waals surface area contributed by atoms with Crippen molar-refractivity contribution in [3.63, 3.8) is 0 Å². The Morgan fingerprint density at radius 1 is 1.19 bits per heavy atom. The van der Waals surface area contributed by atoms with E-state index in [1.165, 1.54) is 0 Å². The van der Waals surface area contributed by atoms with E-state index in [1.807, 2.05) is 0 Å². The van der Waals surface area contributed by atoms with Gasteiger partial charge in [0.15, 0.2) is 0 Å². The highest BCUT2D eigenvalue weighted by Gasteiger charge is 2.55. The monoisotopic (exact) mass is 427 g/mol. The van der Waals surface area contributed by atoms with Gasteiger partial charge in [-0.3, -0.25) is 4.79 Å². The van der Waals surface area contributed by atoms with Crippen molar-refractivity contribution in [2.45, 2.75) is 69.1 Å². The molecular weight excluding hydrogens is 394 g/mol. The fourth-order valence-corrected chi connectivity index (χ4v) is 7.05. The third kappa shape index (κ3) is 3.67. The lowest BCUT2D eigenvalue weighted by molar-refractivity contribution is -0.136. The van der Waals surface area contributed by atoms with Crippen LogP contribution in [0.5, 0.6) is 0 Å². The first-order valence-electron chi connectivity index (χ1n) is 12.1. The number of hydrogen-bond acceptors (Lipinski definition) is 7. The lowest BCUT2D eigenvalue weighted by Crippen LogP contribution is -2.61. The Morgan fingerprint density at radius 2 is 1.97 bits per heavy atom. The molecule has 1 aromatic rings. The van der Waals surface area contributed by atoms with Crippen LogP contribution >= 0.6 is 0 Å². The second-order valence-electron chi connectivity index (χ2n) is 10.5. The van der Waals surface area contributed by atoms with Gasteiger partial charge < -0.3 is 25.4 Å². The van der Waals surface area contributed by atoms with Gasteiger partial charge >= 0.3 is 0 Å². The number of carbonyl (C=O) groups is 1. The molecule has 4 saturated carbocycles. The number of ether oxygens (including phenoxy) is 1. The lowest BCUT2D eigenvalue weighted by atomic mass is 9.52. The maximum absolute atomic E-state index is 13.4. The molecule has 2 saturated heterocycles. The van der Waals surface area contributed by atoms with Gasteiger partial charge in [-0.05, 0) is 69.1 Å². The van der Waals surface area contributed by atoms with Crippen LogP contribution in [0.15, 0.2) is 6.20 Å². The van der Waals surface area contributed by atoms with Crippen LogP contribution in [-0.2, 0) is 4.74 Å². The minimum atomic E-state index is -0.487. The van der Waals surface area contributed by atoms with E-state index in [2.05, 4.69) is 20.5 Å². The molecule has 2 aliphatic heterocycles. The highest BCUT2D eigenvalue weighted by Crippen LogP contribution is 2.55. The molecule has 8 heteroatoms. The molecule has 8 nitrogen and oxygen atoms in total. The molecule has 3 atom stereocenters. The van der Waals surface area contributed by atoms with Crippen LogP contribution < -0.4 is 15.5 Å². The molecule has 1 aromatic heterocycles. The number of nitrogens with zero attached hydrogens (tertiary/aromatic N) is 3. The van der Waals surface area contributed by atoms with Gasteiger partial charge in [-0.2, -0.15) is 4.98 Å². The van der Waals surface area contributed by atoms with E-state index in [1.54, 1.807) is 6.20 Å². The number of nitrogens with one attached hydrogen (secondary N) is 2. The third-order valence-electron chi connectivity index (χ3n) is 8.22. The van der Waals surface area contributed by atoms with E-state index in [-0.39, 0.29) is 18.0 Å². The quantitative estimate of drug-likeness (QED) is 0.660. The highest BCUT2D eigenvalue weighted by atomic mass is 16.5. The van der Waals surface area contributed by atoms with Crippen LogP contribution in [0, 0.1) is 17.8 Å². The zero-order valence-corrected chi connectivity index (χ0v) is 18.1. The molecule has 7 rings (SSSR count). The number of hydrogen-bond donors (Lipinski definition) is 3. The fraction of sp³-hybridized carbons (Fsp3) is 0.783. The predicted octanol–water partition coefficient (Wildman–Crippen LogP) is 1.95. The summed E-state index contributed by atoms with van der Waals surface area (Å²) in [6.45, 7) is 3.28. The van der Waals surface area contributed by atoms with Gasteiger partial charge in [0.25, 0.3) is 5.91 Å². The minimum absolute atomic E-state index is 0.0675. The normalized spacial score (nSPS) is 38.6. The van der Waals surface area contributed by atoms with Crippen LogP contribution in [0.1, 0.15) is 61.7 Å². The Balaban J connectivity index is 1.23. The highest BCUT2D eigenvalue weighted by molar-refractivity contribution is 5.99. The summed E-state index contributed by atoms with van der Waals surface area (Å²) in [6.07, 6.45) is 9.75. The van der Waals surface area contributed by atoms with Gasteiger partial charge in [0, 0.05) is 31.9 Å². The molecule has 0 aromatic carbocycles. The van der Waals surface area contributed by atoms with Crippen LogP contribution in [0.4, 0.5) is 11.8 Å². The summed E-state index contributed by atoms with van der Waals surface area (Å²) in [5.74, 6) is 2.66. The van der Waals surface area contributed by atoms with Gasteiger partial charge in [-0.1, -0.05) is 0 Å². The summed E-state index contributed by atoms with van der Waals surface area (Å²) in [7, 11) is 0.